The molecule has 0 saturated carbocycles. The lowest BCUT2D eigenvalue weighted by Crippen LogP contribution is -2.14. The Hall–Kier alpha value is -3.50. The fourth-order valence-electron chi connectivity index (χ4n) is 1.57. The van der Waals surface area contributed by atoms with E-state index in [1.54, 1.807) is 0 Å². The SMILES string of the molecule is O=c1[nH]c(-c2ccc(O)c([N+](=O)[O-])c2)nc(O)c1[N+](=O)[O-]. The van der Waals surface area contributed by atoms with Gasteiger partial charge in [0.05, 0.1) is 9.85 Å². The quantitative estimate of drug-likeness (QED) is 0.546. The van der Waals surface area contributed by atoms with Crippen LogP contribution in [0.5, 0.6) is 11.6 Å². The smallest absolute Gasteiger partial charge is 0.395 e. The van der Waals surface area contributed by atoms with Gasteiger partial charge in [-0.15, -0.1) is 0 Å². The van der Waals surface area contributed by atoms with Crippen LogP contribution in [0.25, 0.3) is 11.4 Å². The third-order valence-corrected chi connectivity index (χ3v) is 2.50. The third kappa shape index (κ3) is 2.47. The Bertz CT molecular complexity index is 814. The highest BCUT2D eigenvalue weighted by atomic mass is 16.6. The molecule has 0 radical (unpaired) electrons. The van der Waals surface area contributed by atoms with E-state index in [-0.39, 0.29) is 11.4 Å². The van der Waals surface area contributed by atoms with Crippen LogP contribution in [0.3, 0.4) is 0 Å². The highest BCUT2D eigenvalue weighted by molar-refractivity contribution is 5.64. The number of nitro groups is 2. The first-order valence-corrected chi connectivity index (χ1v) is 5.26. The van der Waals surface area contributed by atoms with Crippen molar-refractivity contribution in [2.75, 3.05) is 0 Å². The van der Waals surface area contributed by atoms with Crippen molar-refractivity contribution in [3.05, 3.63) is 48.8 Å². The summed E-state index contributed by atoms with van der Waals surface area (Å²) >= 11 is 0. The number of phenols is 1. The summed E-state index contributed by atoms with van der Waals surface area (Å²) in [5.41, 5.74) is -3.00. The van der Waals surface area contributed by atoms with Gasteiger partial charge in [0.25, 0.3) is 5.88 Å². The van der Waals surface area contributed by atoms with Crippen LogP contribution in [-0.2, 0) is 0 Å². The summed E-state index contributed by atoms with van der Waals surface area (Å²) in [6.07, 6.45) is 0. The van der Waals surface area contributed by atoms with E-state index in [9.17, 15) is 35.2 Å². The number of hydrogen-bond acceptors (Lipinski definition) is 8. The second-order valence-corrected chi connectivity index (χ2v) is 3.80. The van der Waals surface area contributed by atoms with Gasteiger partial charge >= 0.3 is 16.9 Å². The Labute approximate surface area is 114 Å². The molecule has 1 aromatic heterocycles. The van der Waals surface area contributed by atoms with Gasteiger partial charge in [-0.2, -0.15) is 4.98 Å². The van der Waals surface area contributed by atoms with Crippen molar-refractivity contribution in [2.24, 2.45) is 0 Å². The molecular formula is C10H6N4O7. The fourth-order valence-corrected chi connectivity index (χ4v) is 1.57. The normalized spacial score (nSPS) is 10.3. The zero-order valence-electron chi connectivity index (χ0n) is 10.0. The topological polar surface area (TPSA) is 172 Å². The zero-order valence-corrected chi connectivity index (χ0v) is 10.0. The Morgan fingerprint density at radius 1 is 1.14 bits per heavy atom. The number of nitrogens with zero attached hydrogens (tertiary/aromatic N) is 3. The van der Waals surface area contributed by atoms with Crippen molar-refractivity contribution in [2.45, 2.75) is 0 Å². The Morgan fingerprint density at radius 2 is 1.81 bits per heavy atom. The number of aromatic hydroxyl groups is 2. The molecule has 0 spiro atoms. The van der Waals surface area contributed by atoms with Crippen molar-refractivity contribution in [1.82, 2.24) is 9.97 Å². The summed E-state index contributed by atoms with van der Waals surface area (Å²) in [5, 5.41) is 39.9. The van der Waals surface area contributed by atoms with Crippen LogP contribution in [0.2, 0.25) is 0 Å². The Kier molecular flexibility index (Phi) is 3.24. The van der Waals surface area contributed by atoms with E-state index in [1.165, 1.54) is 6.07 Å². The van der Waals surface area contributed by atoms with Crippen LogP contribution in [-0.4, -0.2) is 30.0 Å². The van der Waals surface area contributed by atoms with Crippen molar-refractivity contribution >= 4 is 11.4 Å². The van der Waals surface area contributed by atoms with Gasteiger partial charge in [0, 0.05) is 11.6 Å². The van der Waals surface area contributed by atoms with Crippen LogP contribution in [0, 0.1) is 20.2 Å². The molecule has 0 aliphatic heterocycles. The van der Waals surface area contributed by atoms with Crippen LogP contribution in [0.15, 0.2) is 23.0 Å². The molecule has 0 bridgehead atoms. The number of aromatic amines is 1. The molecule has 0 amide bonds. The number of nitro benzene ring substituents is 1. The summed E-state index contributed by atoms with van der Waals surface area (Å²) in [6.45, 7) is 0. The Balaban J connectivity index is 2.63. The second-order valence-electron chi connectivity index (χ2n) is 3.80. The number of aromatic nitrogens is 2. The van der Waals surface area contributed by atoms with Crippen LogP contribution in [0.4, 0.5) is 11.4 Å². The predicted molar refractivity (Wildman–Crippen MR) is 66.9 cm³/mol. The van der Waals surface area contributed by atoms with Crippen LogP contribution >= 0.6 is 0 Å². The zero-order chi connectivity index (χ0) is 15.7. The summed E-state index contributed by atoms with van der Waals surface area (Å²) in [5.74, 6) is -2.03. The lowest BCUT2D eigenvalue weighted by molar-refractivity contribution is -0.387. The second kappa shape index (κ2) is 4.88. The number of hydrogen-bond donors (Lipinski definition) is 3. The Morgan fingerprint density at radius 3 is 2.33 bits per heavy atom. The minimum absolute atomic E-state index is 0.0122. The van der Waals surface area contributed by atoms with Gasteiger partial charge in [-0.25, -0.2) is 0 Å². The van der Waals surface area contributed by atoms with E-state index in [0.29, 0.717) is 0 Å². The maximum Gasteiger partial charge on any atom is 0.395 e. The molecule has 1 heterocycles. The maximum absolute atomic E-state index is 11.5. The summed E-state index contributed by atoms with van der Waals surface area (Å²) in [7, 11) is 0. The van der Waals surface area contributed by atoms with Gasteiger partial charge in [-0.3, -0.25) is 25.0 Å². The molecule has 0 unspecified atom stereocenters. The molecule has 108 valence electrons. The summed E-state index contributed by atoms with van der Waals surface area (Å²) < 4.78 is 0. The van der Waals surface area contributed by atoms with Gasteiger partial charge in [0.2, 0.25) is 0 Å². The standard InChI is InChI=1S/C10H6N4O7/c15-6-2-1-4(3-5(6)13(18)19)8-11-9(16)7(14(20)21)10(17)12-8/h1-3,15H,(H2,11,12,16,17). The number of rotatable bonds is 3. The highest BCUT2D eigenvalue weighted by Crippen LogP contribution is 2.30. The largest absolute Gasteiger partial charge is 0.502 e. The number of benzene rings is 1. The molecule has 3 N–H and O–H groups in total. The van der Waals surface area contributed by atoms with Crippen molar-refractivity contribution in [3.63, 3.8) is 0 Å². The van der Waals surface area contributed by atoms with E-state index in [2.05, 4.69) is 4.98 Å². The molecule has 0 atom stereocenters. The molecule has 11 nitrogen and oxygen atoms in total. The first-order chi connectivity index (χ1) is 9.81. The average molecular weight is 294 g/mol. The van der Waals surface area contributed by atoms with Crippen LogP contribution < -0.4 is 5.56 Å². The third-order valence-electron chi connectivity index (χ3n) is 2.50. The molecule has 21 heavy (non-hydrogen) atoms. The van der Waals surface area contributed by atoms with E-state index >= 15 is 0 Å². The van der Waals surface area contributed by atoms with Gasteiger partial charge < -0.3 is 15.2 Å². The lowest BCUT2D eigenvalue weighted by atomic mass is 10.1. The van der Waals surface area contributed by atoms with Gasteiger partial charge in [-0.1, -0.05) is 0 Å². The van der Waals surface area contributed by atoms with E-state index in [0.717, 1.165) is 12.1 Å². The van der Waals surface area contributed by atoms with Gasteiger partial charge in [0.1, 0.15) is 5.82 Å². The molecular weight excluding hydrogens is 288 g/mol. The number of nitrogens with one attached hydrogen (secondary N) is 1. The summed E-state index contributed by atoms with van der Waals surface area (Å²) in [6, 6.07) is 3.08. The molecule has 11 heteroatoms. The number of phenolic OH excluding ortho intramolecular Hbond substituents is 1. The van der Waals surface area contributed by atoms with Crippen LogP contribution in [0.1, 0.15) is 0 Å². The first-order valence-electron chi connectivity index (χ1n) is 5.26. The monoisotopic (exact) mass is 294 g/mol. The highest BCUT2D eigenvalue weighted by Gasteiger charge is 2.23. The minimum atomic E-state index is -1.21. The van der Waals surface area contributed by atoms with Gasteiger partial charge in [-0.05, 0) is 12.1 Å². The molecule has 2 rings (SSSR count). The molecule has 0 saturated heterocycles. The summed E-state index contributed by atoms with van der Waals surface area (Å²) in [4.78, 5) is 36.2. The molecule has 1 aromatic carbocycles. The molecule has 0 fully saturated rings. The first kappa shape index (κ1) is 13.9. The van der Waals surface area contributed by atoms with E-state index < -0.39 is 38.4 Å². The molecule has 2 aromatic rings. The minimum Gasteiger partial charge on any atom is -0.502 e. The average Bonchev–Trinajstić information content (AvgIpc) is 2.37. The van der Waals surface area contributed by atoms with Gasteiger partial charge in [0.15, 0.2) is 5.75 Å². The lowest BCUT2D eigenvalue weighted by Gasteiger charge is -2.03. The maximum atomic E-state index is 11.5. The van der Waals surface area contributed by atoms with E-state index in [1.807, 2.05) is 4.98 Å². The fraction of sp³-hybridized carbons (Fsp3) is 0. The number of H-pyrrole nitrogens is 1. The molecule has 0 aliphatic carbocycles. The predicted octanol–water partition coefficient (Wildman–Crippen LogP) is 0.664. The van der Waals surface area contributed by atoms with Crippen molar-refractivity contribution in [1.29, 1.82) is 0 Å². The van der Waals surface area contributed by atoms with Crippen molar-refractivity contribution in [3.8, 4) is 23.0 Å². The van der Waals surface area contributed by atoms with Crippen molar-refractivity contribution < 1.29 is 20.1 Å². The van der Waals surface area contributed by atoms with E-state index in [4.69, 9.17) is 0 Å². The molecule has 0 aliphatic rings.